The summed E-state index contributed by atoms with van der Waals surface area (Å²) in [4.78, 5) is 37.6. The maximum atomic E-state index is 13.6. The van der Waals surface area contributed by atoms with E-state index in [0.29, 0.717) is 52.1 Å². The number of hydrogen-bond acceptors (Lipinski definition) is 13. The number of benzene rings is 4. The fourth-order valence-electron chi connectivity index (χ4n) is 8.36. The van der Waals surface area contributed by atoms with Crippen molar-refractivity contribution in [3.63, 3.8) is 0 Å². The minimum atomic E-state index is -4.52. The van der Waals surface area contributed by atoms with Crippen LogP contribution in [-0.4, -0.2) is 119 Å². The maximum absolute atomic E-state index is 13.6. The smallest absolute Gasteiger partial charge is 0.417 e. The zero-order chi connectivity index (χ0) is 59.3. The summed E-state index contributed by atoms with van der Waals surface area (Å²) in [6.45, 7) is 9.60. The SMILES string of the molecule is C.CC(C)(Oc1ccc(C(F)(F)F)cn1)C(=O)N1CCN(c2ccc(OCCO)cc2Cl)[C@H](c2ccc(Cl)cc2)C1.CC(C)(Oc1ccc(C(F)(F)F)cn1)C(=O)O.OCCOc1ccc(N2CCNC[C@H]2c2ccc(Cl)cc2)c(Cl)c1. The van der Waals surface area contributed by atoms with Crippen LogP contribution in [-0.2, 0) is 21.9 Å². The van der Waals surface area contributed by atoms with Gasteiger partial charge in [0.15, 0.2) is 5.60 Å². The van der Waals surface area contributed by atoms with Crippen LogP contribution in [0.15, 0.2) is 122 Å². The third-order valence-corrected chi connectivity index (χ3v) is 13.6. The molecule has 0 bridgehead atoms. The number of nitrogens with one attached hydrogen (secondary N) is 1. The van der Waals surface area contributed by atoms with Crippen molar-refractivity contribution in [1.82, 2.24) is 20.2 Å². The van der Waals surface area contributed by atoms with E-state index in [2.05, 4.69) is 37.2 Å². The van der Waals surface area contributed by atoms with Gasteiger partial charge in [0.25, 0.3) is 5.91 Å². The summed E-state index contributed by atoms with van der Waals surface area (Å²) in [5, 5.41) is 32.5. The standard InChI is InChI=1S/C28H28Cl2F3N3O4.C18H20Cl2N2O2.C10H10F3NO3.CH4/c1-27(2,40-25-10-5-19(16-34-25)28(31,32)33)26(38)35-11-12-36(24(17-35)18-3-6-20(29)7-4-18)23-9-8-21(15-22(23)30)39-14-13-37;19-14-3-1-13(2-4-14)18-12-21-7-8-22(18)17-6-5-15(11-16(17)20)24-10-9-23;1-9(2,8(15)16)17-7-4-3-6(5-14-7)10(11,12)13;/h3-10,15-16,24,37H,11-14,17H2,1-2H3;1-6,11,18,21,23H,7-10,12H2;3-5H,1-2H3,(H,15,16);1H4/t24-;18-;;/m00../s1. The minimum Gasteiger partial charge on any atom is -0.491 e. The predicted molar refractivity (Wildman–Crippen MR) is 303 cm³/mol. The van der Waals surface area contributed by atoms with Gasteiger partial charge in [0.1, 0.15) is 24.7 Å². The van der Waals surface area contributed by atoms with Crippen LogP contribution in [0.5, 0.6) is 23.3 Å². The molecule has 15 nitrogen and oxygen atoms in total. The number of carboxylic acid groups (broad SMARTS) is 1. The molecule has 2 fully saturated rings. The molecule has 2 saturated heterocycles. The number of aliphatic hydroxyl groups excluding tert-OH is 2. The molecule has 4 aromatic carbocycles. The Morgan fingerprint density at radius 2 is 1.05 bits per heavy atom. The zero-order valence-electron chi connectivity index (χ0n) is 44.1. The molecule has 2 aromatic heterocycles. The number of rotatable bonds is 16. The molecule has 0 spiro atoms. The number of ether oxygens (including phenoxy) is 4. The Balaban J connectivity index is 0.000000248. The van der Waals surface area contributed by atoms with E-state index in [4.69, 9.17) is 80.7 Å². The Morgan fingerprint density at radius 3 is 1.45 bits per heavy atom. The Labute approximate surface area is 491 Å². The Morgan fingerprint density at radius 1 is 0.610 bits per heavy atom. The van der Waals surface area contributed by atoms with E-state index in [9.17, 15) is 35.9 Å². The van der Waals surface area contributed by atoms with Crippen LogP contribution in [0, 0.1) is 0 Å². The third kappa shape index (κ3) is 18.3. The number of aliphatic carboxylic acids is 1. The second kappa shape index (κ2) is 29.2. The molecule has 0 aliphatic carbocycles. The molecule has 2 aliphatic rings. The normalized spacial score (nSPS) is 15.6. The minimum absolute atomic E-state index is 0. The van der Waals surface area contributed by atoms with Gasteiger partial charge < -0.3 is 54.3 Å². The molecule has 0 saturated carbocycles. The predicted octanol–water partition coefficient (Wildman–Crippen LogP) is 12.5. The van der Waals surface area contributed by atoms with E-state index in [1.807, 2.05) is 42.5 Å². The lowest BCUT2D eigenvalue weighted by molar-refractivity contribution is -0.152. The van der Waals surface area contributed by atoms with Crippen molar-refractivity contribution < 1.29 is 70.2 Å². The maximum Gasteiger partial charge on any atom is 0.417 e. The summed E-state index contributed by atoms with van der Waals surface area (Å²) in [7, 11) is 0. The van der Waals surface area contributed by atoms with Crippen molar-refractivity contribution >= 4 is 69.7 Å². The molecule has 2 atom stereocenters. The fourth-order valence-corrected chi connectivity index (χ4v) is 9.17. The lowest BCUT2D eigenvalue weighted by Crippen LogP contribution is -2.56. The quantitative estimate of drug-likeness (QED) is 0.0673. The van der Waals surface area contributed by atoms with Crippen LogP contribution < -0.4 is 34.1 Å². The van der Waals surface area contributed by atoms with Gasteiger partial charge in [0.05, 0.1) is 57.8 Å². The summed E-state index contributed by atoms with van der Waals surface area (Å²) in [5.74, 6) is -0.655. The summed E-state index contributed by atoms with van der Waals surface area (Å²) in [6, 6.07) is 29.8. The summed E-state index contributed by atoms with van der Waals surface area (Å²) < 4.78 is 96.9. The Hall–Kier alpha value is -6.46. The highest BCUT2D eigenvalue weighted by molar-refractivity contribution is 6.34. The van der Waals surface area contributed by atoms with Gasteiger partial charge in [-0.1, -0.05) is 78.1 Å². The van der Waals surface area contributed by atoms with Gasteiger partial charge in [-0.15, -0.1) is 0 Å². The number of alkyl halides is 6. The Bertz CT molecular complexity index is 3020. The van der Waals surface area contributed by atoms with E-state index in [0.717, 1.165) is 65.9 Å². The molecule has 2 aliphatic heterocycles. The molecule has 1 amide bonds. The van der Waals surface area contributed by atoms with Crippen LogP contribution in [0.1, 0.15) is 69.5 Å². The number of carboxylic acids is 1. The number of aliphatic hydroxyl groups is 2. The Kier molecular flexibility index (Phi) is 23.6. The van der Waals surface area contributed by atoms with Crippen LogP contribution in [0.4, 0.5) is 37.7 Å². The molecular formula is C57H62Cl4F6N6O9. The van der Waals surface area contributed by atoms with E-state index in [-0.39, 0.29) is 70.1 Å². The van der Waals surface area contributed by atoms with Gasteiger partial charge in [-0.05, 0) is 99.5 Å². The van der Waals surface area contributed by atoms with Gasteiger partial charge in [0, 0.05) is 86.0 Å². The average molecular weight is 1230 g/mol. The van der Waals surface area contributed by atoms with E-state index >= 15 is 0 Å². The number of halogens is 10. The highest BCUT2D eigenvalue weighted by Crippen LogP contribution is 2.40. The third-order valence-electron chi connectivity index (χ3n) is 12.5. The molecule has 8 rings (SSSR count). The number of nitrogens with zero attached hydrogens (tertiary/aromatic N) is 5. The average Bonchev–Trinajstić information content (AvgIpc) is 2.94. The van der Waals surface area contributed by atoms with Crippen molar-refractivity contribution in [1.29, 1.82) is 0 Å². The largest absolute Gasteiger partial charge is 0.491 e. The number of pyridine rings is 2. The molecule has 0 unspecified atom stereocenters. The molecule has 4 heterocycles. The first-order chi connectivity index (χ1) is 38.2. The molecule has 6 aromatic rings. The first-order valence-corrected chi connectivity index (χ1v) is 26.5. The van der Waals surface area contributed by atoms with Gasteiger partial charge in [-0.3, -0.25) is 4.79 Å². The number of piperazine rings is 2. The summed E-state index contributed by atoms with van der Waals surface area (Å²) in [6.07, 6.45) is -7.74. The van der Waals surface area contributed by atoms with Crippen molar-refractivity contribution in [3.05, 3.63) is 164 Å². The van der Waals surface area contributed by atoms with Crippen molar-refractivity contribution in [2.24, 2.45) is 0 Å². The van der Waals surface area contributed by atoms with Crippen molar-refractivity contribution in [2.45, 2.75) is 70.8 Å². The van der Waals surface area contributed by atoms with Gasteiger partial charge in [-0.25, -0.2) is 14.8 Å². The van der Waals surface area contributed by atoms with Gasteiger partial charge in [-0.2, -0.15) is 26.3 Å². The van der Waals surface area contributed by atoms with Crippen molar-refractivity contribution in [3.8, 4) is 23.3 Å². The second-order valence-electron chi connectivity index (χ2n) is 19.1. The van der Waals surface area contributed by atoms with Crippen LogP contribution in [0.2, 0.25) is 20.1 Å². The zero-order valence-corrected chi connectivity index (χ0v) is 47.1. The number of amides is 1. The molecule has 0 radical (unpaired) electrons. The topological polar surface area (TPSA) is 179 Å². The van der Waals surface area contributed by atoms with E-state index in [1.165, 1.54) is 19.4 Å². The number of anilines is 2. The fraction of sp³-hybridized carbons (Fsp3) is 0.368. The molecular weight excluding hydrogens is 1170 g/mol. The van der Waals surface area contributed by atoms with Crippen LogP contribution in [0.25, 0.3) is 0 Å². The van der Waals surface area contributed by atoms with Crippen LogP contribution in [0.3, 0.4) is 0 Å². The van der Waals surface area contributed by atoms with Crippen LogP contribution >= 0.6 is 46.4 Å². The number of aromatic nitrogens is 2. The van der Waals surface area contributed by atoms with Gasteiger partial charge >= 0.3 is 18.3 Å². The lowest BCUT2D eigenvalue weighted by Gasteiger charge is -2.45. The number of carbonyl (C=O) groups is 2. The second-order valence-corrected chi connectivity index (χ2v) is 20.8. The lowest BCUT2D eigenvalue weighted by atomic mass is 9.99. The summed E-state index contributed by atoms with van der Waals surface area (Å²) in [5.41, 5.74) is -0.945. The monoisotopic (exact) mass is 1230 g/mol. The highest BCUT2D eigenvalue weighted by atomic mass is 35.5. The molecule has 444 valence electrons. The molecule has 25 heteroatoms. The van der Waals surface area contributed by atoms with E-state index in [1.54, 1.807) is 49.1 Å². The first kappa shape index (κ1) is 66.3. The molecule has 82 heavy (non-hydrogen) atoms. The number of hydrogen-bond donors (Lipinski definition) is 4. The van der Waals surface area contributed by atoms with Gasteiger partial charge in [0.2, 0.25) is 17.4 Å². The highest BCUT2D eigenvalue weighted by Gasteiger charge is 2.40. The summed E-state index contributed by atoms with van der Waals surface area (Å²) >= 11 is 25.3. The number of carbonyl (C=O) groups excluding carboxylic acids is 1. The molecule has 4 N–H and O–H groups in total. The van der Waals surface area contributed by atoms with Crippen molar-refractivity contribution in [2.75, 3.05) is 75.5 Å². The first-order valence-electron chi connectivity index (χ1n) is 25.0. The van der Waals surface area contributed by atoms with E-state index < -0.39 is 40.7 Å².